The van der Waals surface area contributed by atoms with Gasteiger partial charge in [-0.05, 0) is 18.2 Å². The van der Waals surface area contributed by atoms with Crippen LogP contribution in [0.3, 0.4) is 0 Å². The molecule has 0 spiro atoms. The largest absolute Gasteiger partial charge is 0.495 e. The highest BCUT2D eigenvalue weighted by Gasteiger charge is 2.29. The summed E-state index contributed by atoms with van der Waals surface area (Å²) in [6.07, 6.45) is 0. The van der Waals surface area contributed by atoms with Crippen molar-refractivity contribution in [1.82, 2.24) is 5.32 Å². The van der Waals surface area contributed by atoms with E-state index in [0.29, 0.717) is 10.6 Å². The molecule has 0 fully saturated rings. The Bertz CT molecular complexity index is 1090. The van der Waals surface area contributed by atoms with Crippen LogP contribution >= 0.6 is 0 Å². The first-order valence-corrected chi connectivity index (χ1v) is 10.2. The number of benzene rings is 2. The van der Waals surface area contributed by atoms with Crippen molar-refractivity contribution >= 4 is 31.4 Å². The van der Waals surface area contributed by atoms with Gasteiger partial charge in [-0.25, -0.2) is 22.8 Å². The van der Waals surface area contributed by atoms with Gasteiger partial charge < -0.3 is 10.1 Å². The van der Waals surface area contributed by atoms with Crippen molar-refractivity contribution in [3.8, 4) is 5.75 Å². The maximum atomic E-state index is 13.7. The number of methoxy groups -OCH3 is 1. The van der Waals surface area contributed by atoms with Crippen LogP contribution in [0.15, 0.2) is 66.5 Å². The van der Waals surface area contributed by atoms with Crippen LogP contribution in [0.4, 0.5) is 5.69 Å². The van der Waals surface area contributed by atoms with Crippen molar-refractivity contribution in [1.29, 1.82) is 0 Å². The molecule has 1 atom stereocenters. The second-order valence-electron chi connectivity index (χ2n) is 5.13. The Balaban J connectivity index is 2.41. The molecule has 132 valence electrons. The number of nitrogens with zero attached hydrogens (tertiary/aromatic N) is 2. The highest BCUT2D eigenvalue weighted by atomic mass is 32.2. The van der Waals surface area contributed by atoms with E-state index in [0.717, 1.165) is 0 Å². The van der Waals surface area contributed by atoms with Crippen LogP contribution in [-0.4, -0.2) is 32.7 Å². The number of nitrogens with two attached hydrogens (primary N) is 1. The Kier molecular flexibility index (Phi) is 4.27. The van der Waals surface area contributed by atoms with E-state index in [1.54, 1.807) is 37.4 Å². The highest BCUT2D eigenvalue weighted by molar-refractivity contribution is 7.94. The summed E-state index contributed by atoms with van der Waals surface area (Å²) in [7, 11) is -4.30. The number of primary sulfonamides is 1. The van der Waals surface area contributed by atoms with E-state index < -0.39 is 19.8 Å². The van der Waals surface area contributed by atoms with Gasteiger partial charge in [-0.15, -0.1) is 0 Å². The number of fused-ring (bicyclic) bond motifs is 1. The molecule has 25 heavy (non-hydrogen) atoms. The van der Waals surface area contributed by atoms with E-state index >= 15 is 0 Å². The van der Waals surface area contributed by atoms with Crippen molar-refractivity contribution < 1.29 is 17.4 Å². The molecule has 2 aromatic carbocycles. The zero-order valence-electron chi connectivity index (χ0n) is 13.5. The number of guanidine groups is 1. The Morgan fingerprint density at radius 2 is 1.88 bits per heavy atom. The Labute approximate surface area is 146 Å². The van der Waals surface area contributed by atoms with Crippen molar-refractivity contribution in [2.75, 3.05) is 14.2 Å². The molecule has 1 heterocycles. The first-order valence-electron chi connectivity index (χ1n) is 7.13. The van der Waals surface area contributed by atoms with Gasteiger partial charge in [-0.2, -0.15) is 4.36 Å². The third-order valence-corrected chi connectivity index (χ3v) is 6.77. The predicted molar refractivity (Wildman–Crippen MR) is 94.1 cm³/mol. The fraction of sp³-hybridized carbons (Fsp3) is 0.133. The van der Waals surface area contributed by atoms with Crippen LogP contribution in [0.5, 0.6) is 5.75 Å². The molecule has 1 unspecified atom stereocenters. The Morgan fingerprint density at radius 3 is 2.44 bits per heavy atom. The number of rotatable bonds is 3. The van der Waals surface area contributed by atoms with Gasteiger partial charge in [0.1, 0.15) is 20.4 Å². The fourth-order valence-electron chi connectivity index (χ4n) is 2.41. The van der Waals surface area contributed by atoms with Crippen molar-refractivity contribution in [3.63, 3.8) is 0 Å². The monoisotopic (exact) mass is 380 g/mol. The molecule has 0 radical (unpaired) electrons. The molecule has 0 bridgehead atoms. The van der Waals surface area contributed by atoms with Crippen LogP contribution in [0.25, 0.3) is 0 Å². The average molecular weight is 380 g/mol. The zero-order chi connectivity index (χ0) is 18.2. The molecule has 8 nitrogen and oxygen atoms in total. The molecular formula is C15H16N4O4S2. The minimum absolute atomic E-state index is 0.0252. The Hall–Kier alpha value is -2.43. The van der Waals surface area contributed by atoms with Gasteiger partial charge in [0, 0.05) is 13.1 Å². The third-order valence-electron chi connectivity index (χ3n) is 3.58. The SMILES string of the molecule is CNC1=Nc2cc(OC)c(S(N)(=O)=O)cc2S(=O)(c2ccccc2)=N1. The summed E-state index contributed by atoms with van der Waals surface area (Å²) in [6.45, 7) is 0. The van der Waals surface area contributed by atoms with Crippen LogP contribution in [0.2, 0.25) is 0 Å². The molecule has 1 aliphatic rings. The van der Waals surface area contributed by atoms with Crippen LogP contribution in [0.1, 0.15) is 0 Å². The molecule has 0 aliphatic carbocycles. The van der Waals surface area contributed by atoms with E-state index in [1.165, 1.54) is 19.2 Å². The Morgan fingerprint density at radius 1 is 1.20 bits per heavy atom. The van der Waals surface area contributed by atoms with Crippen LogP contribution in [0, 0.1) is 0 Å². The van der Waals surface area contributed by atoms with E-state index in [2.05, 4.69) is 14.7 Å². The average Bonchev–Trinajstić information content (AvgIpc) is 2.60. The topological polar surface area (TPSA) is 123 Å². The lowest BCUT2D eigenvalue weighted by Crippen LogP contribution is -2.22. The molecule has 1 aliphatic heterocycles. The van der Waals surface area contributed by atoms with Crippen molar-refractivity contribution in [2.45, 2.75) is 14.7 Å². The molecule has 3 N–H and O–H groups in total. The minimum Gasteiger partial charge on any atom is -0.495 e. The van der Waals surface area contributed by atoms with E-state index in [-0.39, 0.29) is 21.5 Å². The second kappa shape index (κ2) is 6.14. The van der Waals surface area contributed by atoms with Gasteiger partial charge in [0.2, 0.25) is 16.0 Å². The number of aliphatic imine (C=N–C) groups is 1. The lowest BCUT2D eigenvalue weighted by molar-refractivity contribution is 0.402. The van der Waals surface area contributed by atoms with E-state index in [9.17, 15) is 12.6 Å². The molecule has 0 saturated carbocycles. The van der Waals surface area contributed by atoms with Crippen LogP contribution in [-0.2, 0) is 19.8 Å². The number of hydrogen-bond donors (Lipinski definition) is 2. The molecule has 0 aromatic heterocycles. The summed E-state index contributed by atoms with van der Waals surface area (Å²) in [5.74, 6) is 0.198. The van der Waals surface area contributed by atoms with Gasteiger partial charge in [0.25, 0.3) is 0 Å². The summed E-state index contributed by atoms with van der Waals surface area (Å²) >= 11 is 0. The maximum absolute atomic E-state index is 13.7. The van der Waals surface area contributed by atoms with Crippen molar-refractivity contribution in [2.24, 2.45) is 14.5 Å². The maximum Gasteiger partial charge on any atom is 0.241 e. The molecule has 0 amide bonds. The van der Waals surface area contributed by atoms with Gasteiger partial charge in [0.05, 0.1) is 22.6 Å². The lowest BCUT2D eigenvalue weighted by atomic mass is 10.3. The van der Waals surface area contributed by atoms with Crippen LogP contribution < -0.4 is 15.2 Å². The molecule has 10 heteroatoms. The highest BCUT2D eigenvalue weighted by Crippen LogP contribution is 2.40. The summed E-state index contributed by atoms with van der Waals surface area (Å²) in [6, 6.07) is 11.2. The summed E-state index contributed by atoms with van der Waals surface area (Å²) in [5.41, 5.74) is 0.303. The van der Waals surface area contributed by atoms with Gasteiger partial charge in [-0.3, -0.25) is 0 Å². The molecule has 0 saturated heterocycles. The van der Waals surface area contributed by atoms with Gasteiger partial charge >= 0.3 is 0 Å². The predicted octanol–water partition coefficient (Wildman–Crippen LogP) is 1.45. The summed E-state index contributed by atoms with van der Waals surface area (Å²) < 4.78 is 46.8. The number of sulfonamides is 1. The third kappa shape index (κ3) is 2.99. The lowest BCUT2D eigenvalue weighted by Gasteiger charge is -2.20. The quantitative estimate of drug-likeness (QED) is 0.834. The van der Waals surface area contributed by atoms with E-state index in [4.69, 9.17) is 9.88 Å². The fourth-order valence-corrected chi connectivity index (χ4v) is 5.22. The smallest absolute Gasteiger partial charge is 0.241 e. The second-order valence-corrected chi connectivity index (χ2v) is 8.81. The van der Waals surface area contributed by atoms with Gasteiger partial charge in [0.15, 0.2) is 0 Å². The normalized spacial score (nSPS) is 19.4. The molecule has 2 aromatic rings. The molecular weight excluding hydrogens is 364 g/mol. The zero-order valence-corrected chi connectivity index (χ0v) is 15.1. The first-order chi connectivity index (χ1) is 11.8. The number of ether oxygens (including phenoxy) is 1. The van der Waals surface area contributed by atoms with Gasteiger partial charge in [-0.1, -0.05) is 18.2 Å². The summed E-state index contributed by atoms with van der Waals surface area (Å²) in [4.78, 5) is 4.60. The van der Waals surface area contributed by atoms with Crippen molar-refractivity contribution in [3.05, 3.63) is 42.5 Å². The number of hydrogen-bond acceptors (Lipinski definition) is 7. The number of nitrogens with one attached hydrogen (secondary N) is 1. The summed E-state index contributed by atoms with van der Waals surface area (Å²) in [5, 5.41) is 8.04. The standard InChI is InChI=1S/C15H16N4O4S2/c1-17-15-18-11-8-12(23-2)14(25(16,21)22)9-13(11)24(20,19-15)10-6-4-3-5-7-10/h3-9H,1-2H3,(H2,16,21,22)(H,17,18,19,20). The minimum atomic E-state index is -4.09. The first kappa shape index (κ1) is 17.4. The molecule has 3 rings (SSSR count). The van der Waals surface area contributed by atoms with E-state index in [1.807, 2.05) is 0 Å².